The number of nitrogens with zero attached hydrogens (tertiary/aromatic N) is 1. The number of carbonyl (C=O) groups is 2. The molecule has 3 aromatic rings. The van der Waals surface area contributed by atoms with Crippen molar-refractivity contribution in [3.8, 4) is 0 Å². The lowest BCUT2D eigenvalue weighted by molar-refractivity contribution is -0.141. The second kappa shape index (κ2) is 14.0. The van der Waals surface area contributed by atoms with E-state index in [0.717, 1.165) is 22.4 Å². The first-order chi connectivity index (χ1) is 17.0. The van der Waals surface area contributed by atoms with Gasteiger partial charge in [-0.3, -0.25) is 9.59 Å². The van der Waals surface area contributed by atoms with Crippen molar-refractivity contribution in [1.29, 1.82) is 0 Å². The molecule has 2 amide bonds. The van der Waals surface area contributed by atoms with Gasteiger partial charge in [0.25, 0.3) is 0 Å². The fourth-order valence-corrected chi connectivity index (χ4v) is 4.69. The lowest BCUT2D eigenvalue weighted by Gasteiger charge is -2.32. The molecule has 4 nitrogen and oxygen atoms in total. The summed E-state index contributed by atoms with van der Waals surface area (Å²) in [6.45, 7) is 4.37. The molecule has 1 N–H and O–H groups in total. The Morgan fingerprint density at radius 3 is 2.17 bits per heavy atom. The van der Waals surface area contributed by atoms with Gasteiger partial charge in [0.05, 0.1) is 0 Å². The number of benzene rings is 3. The van der Waals surface area contributed by atoms with Crippen molar-refractivity contribution in [2.75, 3.05) is 5.75 Å². The average Bonchev–Trinajstić information content (AvgIpc) is 2.88. The highest BCUT2D eigenvalue weighted by Gasteiger charge is 2.30. The lowest BCUT2D eigenvalue weighted by atomic mass is 10.0. The Hall–Kier alpha value is -2.76. The Morgan fingerprint density at radius 1 is 0.914 bits per heavy atom. The van der Waals surface area contributed by atoms with Gasteiger partial charge in [0.2, 0.25) is 11.8 Å². The predicted octanol–water partition coefficient (Wildman–Crippen LogP) is 6.38. The minimum Gasteiger partial charge on any atom is -0.352 e. The van der Waals surface area contributed by atoms with Crippen molar-refractivity contribution >= 4 is 35.2 Å². The van der Waals surface area contributed by atoms with Crippen LogP contribution in [0.25, 0.3) is 0 Å². The molecule has 2 unspecified atom stereocenters. The van der Waals surface area contributed by atoms with Crippen molar-refractivity contribution in [2.24, 2.45) is 0 Å². The highest BCUT2D eigenvalue weighted by molar-refractivity contribution is 7.99. The molecule has 0 bridgehead atoms. The fourth-order valence-electron chi connectivity index (χ4n) is 3.70. The molecule has 0 aliphatic rings. The average molecular weight is 509 g/mol. The topological polar surface area (TPSA) is 49.4 Å². The Bertz CT molecular complexity index is 1060. The van der Waals surface area contributed by atoms with E-state index in [1.165, 1.54) is 0 Å². The molecule has 0 saturated heterocycles. The van der Waals surface area contributed by atoms with E-state index in [1.54, 1.807) is 16.7 Å². The minimum atomic E-state index is -0.615. The Labute approximate surface area is 218 Å². The summed E-state index contributed by atoms with van der Waals surface area (Å²) in [4.78, 5) is 29.9. The van der Waals surface area contributed by atoms with Crippen LogP contribution in [0, 0.1) is 0 Å². The van der Waals surface area contributed by atoms with E-state index in [1.807, 2.05) is 98.8 Å². The van der Waals surface area contributed by atoms with E-state index in [-0.39, 0.29) is 17.9 Å². The molecule has 0 aliphatic heterocycles. The smallest absolute Gasteiger partial charge is 0.243 e. The first kappa shape index (κ1) is 26.8. The fraction of sp³-hybridized carbons (Fsp3) is 0.310. The van der Waals surface area contributed by atoms with Gasteiger partial charge in [0, 0.05) is 41.1 Å². The Kier molecular flexibility index (Phi) is 10.7. The summed E-state index contributed by atoms with van der Waals surface area (Å²) in [5.74, 6) is 0.482. The van der Waals surface area contributed by atoms with Crippen LogP contribution < -0.4 is 5.32 Å². The molecule has 0 spiro atoms. The third kappa shape index (κ3) is 8.75. The highest BCUT2D eigenvalue weighted by atomic mass is 35.5. The molecule has 0 fully saturated rings. The van der Waals surface area contributed by atoms with Crippen molar-refractivity contribution in [1.82, 2.24) is 10.2 Å². The number of rotatable bonds is 12. The van der Waals surface area contributed by atoms with Crippen molar-refractivity contribution in [2.45, 2.75) is 56.6 Å². The Balaban J connectivity index is 1.85. The number of carbonyl (C=O) groups excluding carboxylic acids is 2. The van der Waals surface area contributed by atoms with Crippen LogP contribution >= 0.6 is 23.4 Å². The second-order valence-electron chi connectivity index (χ2n) is 8.58. The molecule has 35 heavy (non-hydrogen) atoms. The minimum absolute atomic E-state index is 0.0295. The quantitative estimate of drug-likeness (QED) is 0.289. The molecule has 3 rings (SSSR count). The maximum Gasteiger partial charge on any atom is 0.243 e. The standard InChI is InChI=1S/C29H33ClN2O2S/c1-3-22(2)31-29(34)27(20-23-10-6-4-7-11-23)32(21-24-14-16-25(30)17-15-24)28(33)18-19-35-26-12-8-5-9-13-26/h4-17,22,27H,3,18-21H2,1-2H3,(H,31,34). The largest absolute Gasteiger partial charge is 0.352 e. The van der Waals surface area contributed by atoms with Crippen LogP contribution in [-0.4, -0.2) is 34.6 Å². The third-order valence-corrected chi connectivity index (χ3v) is 7.13. The Morgan fingerprint density at radius 2 is 1.54 bits per heavy atom. The summed E-state index contributed by atoms with van der Waals surface area (Å²) in [7, 11) is 0. The van der Waals surface area contributed by atoms with Gasteiger partial charge in [0.1, 0.15) is 6.04 Å². The van der Waals surface area contributed by atoms with Crippen molar-refractivity contribution in [3.05, 3.63) is 101 Å². The molecule has 3 aromatic carbocycles. The van der Waals surface area contributed by atoms with Gasteiger partial charge in [0.15, 0.2) is 0 Å². The highest BCUT2D eigenvalue weighted by Crippen LogP contribution is 2.21. The van der Waals surface area contributed by atoms with Gasteiger partial charge in [-0.05, 0) is 48.7 Å². The summed E-state index contributed by atoms with van der Waals surface area (Å²) in [5, 5.41) is 3.74. The van der Waals surface area contributed by atoms with Gasteiger partial charge < -0.3 is 10.2 Å². The van der Waals surface area contributed by atoms with Gasteiger partial charge in [-0.25, -0.2) is 0 Å². The normalized spacial score (nSPS) is 12.5. The molecule has 6 heteroatoms. The number of nitrogens with one attached hydrogen (secondary N) is 1. The number of halogens is 1. The van der Waals surface area contributed by atoms with Crippen molar-refractivity contribution < 1.29 is 9.59 Å². The summed E-state index contributed by atoms with van der Waals surface area (Å²) < 4.78 is 0. The molecule has 2 atom stereocenters. The first-order valence-corrected chi connectivity index (χ1v) is 13.4. The van der Waals surface area contributed by atoms with Crippen LogP contribution in [0.15, 0.2) is 89.8 Å². The monoisotopic (exact) mass is 508 g/mol. The molecule has 0 heterocycles. The molecule has 0 aromatic heterocycles. The maximum atomic E-state index is 13.6. The molecule has 184 valence electrons. The number of amides is 2. The number of hydrogen-bond donors (Lipinski definition) is 1. The van der Waals surface area contributed by atoms with Crippen LogP contribution in [0.3, 0.4) is 0 Å². The van der Waals surface area contributed by atoms with Gasteiger partial charge in [-0.15, -0.1) is 11.8 Å². The van der Waals surface area contributed by atoms with Gasteiger partial charge in [-0.2, -0.15) is 0 Å². The van der Waals surface area contributed by atoms with E-state index in [9.17, 15) is 9.59 Å². The third-order valence-electron chi connectivity index (χ3n) is 5.87. The van der Waals surface area contributed by atoms with Crippen LogP contribution in [0.5, 0.6) is 0 Å². The summed E-state index contributed by atoms with van der Waals surface area (Å²) >= 11 is 7.73. The molecule has 0 aliphatic carbocycles. The van der Waals surface area contributed by atoms with E-state index in [4.69, 9.17) is 11.6 Å². The zero-order valence-electron chi connectivity index (χ0n) is 20.3. The van der Waals surface area contributed by atoms with Gasteiger partial charge in [-0.1, -0.05) is 79.2 Å². The zero-order valence-corrected chi connectivity index (χ0v) is 21.9. The lowest BCUT2D eigenvalue weighted by Crippen LogP contribution is -2.52. The second-order valence-corrected chi connectivity index (χ2v) is 10.2. The zero-order chi connectivity index (χ0) is 25.0. The summed E-state index contributed by atoms with van der Waals surface area (Å²) in [6, 6.07) is 26.8. The first-order valence-electron chi connectivity index (χ1n) is 12.0. The van der Waals surface area contributed by atoms with Crippen LogP contribution in [0.4, 0.5) is 0 Å². The summed E-state index contributed by atoms with van der Waals surface area (Å²) in [6.07, 6.45) is 1.62. The van der Waals surface area contributed by atoms with Crippen LogP contribution in [0.1, 0.15) is 37.8 Å². The van der Waals surface area contributed by atoms with E-state index >= 15 is 0 Å². The van der Waals surface area contributed by atoms with E-state index < -0.39 is 6.04 Å². The van der Waals surface area contributed by atoms with E-state index in [0.29, 0.717) is 30.2 Å². The number of thioether (sulfide) groups is 1. The molecule has 0 radical (unpaired) electrons. The molecular formula is C29H33ClN2O2S. The van der Waals surface area contributed by atoms with Crippen LogP contribution in [0.2, 0.25) is 5.02 Å². The molecular weight excluding hydrogens is 476 g/mol. The van der Waals surface area contributed by atoms with E-state index in [2.05, 4.69) is 5.32 Å². The number of hydrogen-bond acceptors (Lipinski definition) is 3. The van der Waals surface area contributed by atoms with Gasteiger partial charge >= 0.3 is 0 Å². The molecule has 0 saturated carbocycles. The predicted molar refractivity (Wildman–Crippen MR) is 146 cm³/mol. The van der Waals surface area contributed by atoms with Crippen LogP contribution in [-0.2, 0) is 22.6 Å². The maximum absolute atomic E-state index is 13.6. The summed E-state index contributed by atoms with van der Waals surface area (Å²) in [5.41, 5.74) is 1.96. The van der Waals surface area contributed by atoms with Crippen molar-refractivity contribution in [3.63, 3.8) is 0 Å². The SMILES string of the molecule is CCC(C)NC(=O)C(Cc1ccccc1)N(Cc1ccc(Cl)cc1)C(=O)CCSc1ccccc1.